The van der Waals surface area contributed by atoms with Gasteiger partial charge in [-0.25, -0.2) is 4.39 Å². The van der Waals surface area contributed by atoms with Crippen LogP contribution in [0.15, 0.2) is 61.3 Å². The Kier molecular flexibility index (Phi) is 10.2. The zero-order valence-electron chi connectivity index (χ0n) is 23.3. The van der Waals surface area contributed by atoms with E-state index in [9.17, 15) is 44.7 Å². The van der Waals surface area contributed by atoms with Gasteiger partial charge in [0.25, 0.3) is 11.8 Å². The summed E-state index contributed by atoms with van der Waals surface area (Å²) in [5.41, 5.74) is -2.15. The van der Waals surface area contributed by atoms with Crippen molar-refractivity contribution in [3.63, 3.8) is 0 Å². The topological polar surface area (TPSA) is 64.7 Å². The second-order valence-corrected chi connectivity index (χ2v) is 9.86. The Labute approximate surface area is 251 Å². The highest BCUT2D eigenvalue weighted by Crippen LogP contribution is 2.47. The standard InChI is InChI=1S/C28H22ClF7N4O2.CH3F/c1-4-39(2)24-20(40(3)13-27(31,32)33)12-19(37-25(41)14-9-15(28(34,35)36)11-16(30)10-14)21-22(24)26(42)38-23(21)17-7-5-6-8-18(17)29;1-2/h4-12,23H,1,13H2,2-3H3,(H,37,41)(H,38,42);1H3. The van der Waals surface area contributed by atoms with Gasteiger partial charge in [-0.15, -0.1) is 0 Å². The third-order valence-corrected chi connectivity index (χ3v) is 6.86. The lowest BCUT2D eigenvalue weighted by Crippen LogP contribution is -2.32. The lowest BCUT2D eigenvalue weighted by Gasteiger charge is -2.30. The minimum absolute atomic E-state index is 0.0157. The zero-order valence-corrected chi connectivity index (χ0v) is 24.1. The van der Waals surface area contributed by atoms with Crippen molar-refractivity contribution in [3.05, 3.63) is 100.0 Å². The van der Waals surface area contributed by atoms with Gasteiger partial charge in [-0.1, -0.05) is 36.4 Å². The monoisotopic (exact) mass is 648 g/mol. The van der Waals surface area contributed by atoms with Crippen LogP contribution in [0.1, 0.15) is 43.4 Å². The average Bonchev–Trinajstić information content (AvgIpc) is 3.29. The second-order valence-electron chi connectivity index (χ2n) is 9.45. The Morgan fingerprint density at radius 3 is 2.27 bits per heavy atom. The van der Waals surface area contributed by atoms with E-state index in [1.807, 2.05) is 0 Å². The molecule has 3 aromatic carbocycles. The predicted molar refractivity (Wildman–Crippen MR) is 152 cm³/mol. The Balaban J connectivity index is 0.00000259. The molecule has 0 bridgehead atoms. The number of carbonyl (C=O) groups is 2. The minimum atomic E-state index is -4.96. The summed E-state index contributed by atoms with van der Waals surface area (Å²) in [6, 6.07) is 7.73. The molecule has 0 saturated carbocycles. The molecule has 0 radical (unpaired) electrons. The molecule has 44 heavy (non-hydrogen) atoms. The molecule has 1 atom stereocenters. The lowest BCUT2D eigenvalue weighted by atomic mass is 9.93. The van der Waals surface area contributed by atoms with E-state index in [0.29, 0.717) is 24.9 Å². The van der Waals surface area contributed by atoms with Crippen molar-refractivity contribution in [2.75, 3.05) is 42.9 Å². The number of fused-ring (bicyclic) bond motifs is 1. The average molecular weight is 649 g/mol. The van der Waals surface area contributed by atoms with Crippen molar-refractivity contribution in [2.24, 2.45) is 0 Å². The molecule has 0 aliphatic carbocycles. The van der Waals surface area contributed by atoms with Gasteiger partial charge in [-0.2, -0.15) is 26.3 Å². The maximum Gasteiger partial charge on any atom is 0.416 e. The van der Waals surface area contributed by atoms with Crippen LogP contribution in [0.3, 0.4) is 0 Å². The number of hydrogen-bond donors (Lipinski definition) is 2. The first kappa shape index (κ1) is 34.2. The molecule has 4 rings (SSSR count). The van der Waals surface area contributed by atoms with Crippen LogP contribution >= 0.6 is 11.6 Å². The summed E-state index contributed by atoms with van der Waals surface area (Å²) in [4.78, 5) is 28.8. The lowest BCUT2D eigenvalue weighted by molar-refractivity contribution is -0.137. The molecule has 15 heteroatoms. The number of halogens is 9. The summed E-state index contributed by atoms with van der Waals surface area (Å²) in [7, 11) is 3.06. The van der Waals surface area contributed by atoms with E-state index in [1.165, 1.54) is 24.2 Å². The van der Waals surface area contributed by atoms with Crippen LogP contribution in [0.4, 0.5) is 52.2 Å². The number of nitrogens with zero attached hydrogens (tertiary/aromatic N) is 2. The van der Waals surface area contributed by atoms with E-state index < -0.39 is 53.7 Å². The van der Waals surface area contributed by atoms with Gasteiger partial charge in [0.05, 0.1) is 35.7 Å². The third-order valence-electron chi connectivity index (χ3n) is 6.52. The predicted octanol–water partition coefficient (Wildman–Crippen LogP) is 7.75. The summed E-state index contributed by atoms with van der Waals surface area (Å²) < 4.78 is 104. The number of rotatable bonds is 7. The quantitative estimate of drug-likeness (QED) is 0.257. The van der Waals surface area contributed by atoms with Crippen molar-refractivity contribution in [1.29, 1.82) is 0 Å². The number of benzene rings is 3. The summed E-state index contributed by atoms with van der Waals surface area (Å²) in [6.07, 6.45) is -8.37. The molecule has 1 aliphatic rings. The third kappa shape index (κ3) is 7.24. The van der Waals surface area contributed by atoms with E-state index in [2.05, 4.69) is 17.2 Å². The van der Waals surface area contributed by atoms with Gasteiger partial charge < -0.3 is 20.4 Å². The van der Waals surface area contributed by atoms with E-state index in [-0.39, 0.29) is 39.3 Å². The molecule has 3 aromatic rings. The molecule has 0 spiro atoms. The van der Waals surface area contributed by atoms with Crippen molar-refractivity contribution >= 4 is 40.5 Å². The zero-order chi connectivity index (χ0) is 33.1. The normalized spacial score (nSPS) is 14.2. The first-order chi connectivity index (χ1) is 20.5. The first-order valence-corrected chi connectivity index (χ1v) is 12.9. The van der Waals surface area contributed by atoms with Crippen molar-refractivity contribution in [3.8, 4) is 0 Å². The van der Waals surface area contributed by atoms with Crippen LogP contribution in [0, 0.1) is 5.82 Å². The fraction of sp³-hybridized carbons (Fsp3) is 0.241. The summed E-state index contributed by atoms with van der Waals surface area (Å²) >= 11 is 6.39. The van der Waals surface area contributed by atoms with Crippen LogP contribution in [0.2, 0.25) is 5.02 Å². The van der Waals surface area contributed by atoms with Gasteiger partial charge in [0.15, 0.2) is 0 Å². The van der Waals surface area contributed by atoms with Gasteiger partial charge in [0, 0.05) is 35.9 Å². The molecule has 236 valence electrons. The molecule has 1 unspecified atom stereocenters. The van der Waals surface area contributed by atoms with Gasteiger partial charge in [-0.3, -0.25) is 14.0 Å². The van der Waals surface area contributed by atoms with E-state index >= 15 is 0 Å². The summed E-state index contributed by atoms with van der Waals surface area (Å²) in [5.74, 6) is -3.25. The van der Waals surface area contributed by atoms with Crippen LogP contribution in [0.25, 0.3) is 0 Å². The van der Waals surface area contributed by atoms with Crippen molar-refractivity contribution in [1.82, 2.24) is 5.32 Å². The number of nitrogens with one attached hydrogen (secondary N) is 2. The Hall–Kier alpha value is -4.33. The van der Waals surface area contributed by atoms with Crippen LogP contribution in [-0.2, 0) is 6.18 Å². The molecule has 2 amide bonds. The summed E-state index contributed by atoms with van der Waals surface area (Å²) in [5, 5.41) is 5.32. The molecular weight excluding hydrogens is 624 g/mol. The molecule has 0 saturated heterocycles. The van der Waals surface area contributed by atoms with Gasteiger partial charge >= 0.3 is 12.4 Å². The highest BCUT2D eigenvalue weighted by atomic mass is 35.5. The first-order valence-electron chi connectivity index (χ1n) is 12.5. The molecule has 6 nitrogen and oxygen atoms in total. The Bertz CT molecular complexity index is 1580. The van der Waals surface area contributed by atoms with Crippen LogP contribution < -0.4 is 20.4 Å². The molecule has 1 heterocycles. The molecule has 1 aliphatic heterocycles. The van der Waals surface area contributed by atoms with Crippen molar-refractivity contribution < 1.29 is 44.7 Å². The fourth-order valence-corrected chi connectivity index (χ4v) is 4.94. The van der Waals surface area contributed by atoms with Crippen molar-refractivity contribution in [2.45, 2.75) is 18.4 Å². The van der Waals surface area contributed by atoms with E-state index in [1.54, 1.807) is 18.2 Å². The Morgan fingerprint density at radius 1 is 1.07 bits per heavy atom. The highest BCUT2D eigenvalue weighted by Gasteiger charge is 2.40. The Morgan fingerprint density at radius 2 is 1.70 bits per heavy atom. The van der Waals surface area contributed by atoms with Gasteiger partial charge in [-0.05, 0) is 42.1 Å². The maximum atomic E-state index is 14.1. The molecule has 0 aromatic heterocycles. The highest BCUT2D eigenvalue weighted by molar-refractivity contribution is 6.31. The smallest absolute Gasteiger partial charge is 0.364 e. The number of anilines is 3. The van der Waals surface area contributed by atoms with Crippen LogP contribution in [0.5, 0.6) is 0 Å². The second kappa shape index (κ2) is 13.1. The summed E-state index contributed by atoms with van der Waals surface area (Å²) in [6.45, 7) is 2.18. The molecule has 2 N–H and O–H groups in total. The van der Waals surface area contributed by atoms with Gasteiger partial charge in [0.1, 0.15) is 12.4 Å². The number of amides is 2. The molecule has 0 fully saturated rings. The maximum absolute atomic E-state index is 14.1. The number of alkyl halides is 7. The SMILES string of the molecule is C=CN(C)c1c(N(C)CC(F)(F)F)cc(NC(=O)c2cc(F)cc(C(F)(F)F)c2)c2c1C(=O)NC2c1ccccc1Cl.CF. The molecular formula is C29H25ClF8N4O2. The van der Waals surface area contributed by atoms with E-state index in [0.717, 1.165) is 18.0 Å². The largest absolute Gasteiger partial charge is 0.416 e. The van der Waals surface area contributed by atoms with E-state index in [4.69, 9.17) is 11.6 Å². The van der Waals surface area contributed by atoms with Gasteiger partial charge in [0.2, 0.25) is 0 Å². The van der Waals surface area contributed by atoms with Crippen LogP contribution in [-0.4, -0.2) is 45.8 Å². The number of carbonyl (C=O) groups excluding carboxylic acids is 2. The minimum Gasteiger partial charge on any atom is -0.364 e. The number of hydrogen-bond acceptors (Lipinski definition) is 4. The fourth-order valence-electron chi connectivity index (χ4n) is 4.70.